The molecule has 0 aliphatic rings. The average Bonchev–Trinajstić information content (AvgIpc) is 2.39. The molecule has 0 aliphatic heterocycles. The standard InChI is InChI=1S/C16H15NO2/c1-2-3-4-5-16(19)17-14-8-6-13-11-15(18)9-7-12(13)10-14/h1,6-11,18H,3-5H2,(H,17,19)/p-1. The van der Waals surface area contributed by atoms with E-state index >= 15 is 0 Å². The number of carbonyl (C=O) groups is 1. The molecular weight excluding hydrogens is 238 g/mol. The molecule has 0 unspecified atom stereocenters. The van der Waals surface area contributed by atoms with Crippen LogP contribution in [0.1, 0.15) is 19.3 Å². The summed E-state index contributed by atoms with van der Waals surface area (Å²) in [6.45, 7) is 0. The van der Waals surface area contributed by atoms with Gasteiger partial charge in [0.25, 0.3) is 0 Å². The Labute approximate surface area is 112 Å². The maximum atomic E-state index is 11.6. The van der Waals surface area contributed by atoms with Gasteiger partial charge in [-0.25, -0.2) is 0 Å². The summed E-state index contributed by atoms with van der Waals surface area (Å²) in [6, 6.07) is 10.3. The van der Waals surface area contributed by atoms with E-state index in [1.54, 1.807) is 18.2 Å². The van der Waals surface area contributed by atoms with Gasteiger partial charge in [0.15, 0.2) is 0 Å². The number of hydrogen-bond donors (Lipinski definition) is 1. The maximum absolute atomic E-state index is 11.6. The number of fused-ring (bicyclic) bond motifs is 1. The van der Waals surface area contributed by atoms with Gasteiger partial charge in [-0.05, 0) is 29.3 Å². The number of carbonyl (C=O) groups excluding carboxylic acids is 1. The van der Waals surface area contributed by atoms with Crippen LogP contribution in [0, 0.1) is 12.3 Å². The first kappa shape index (κ1) is 13.0. The van der Waals surface area contributed by atoms with Crippen LogP contribution < -0.4 is 10.4 Å². The highest BCUT2D eigenvalue weighted by molar-refractivity contribution is 5.94. The highest BCUT2D eigenvalue weighted by Crippen LogP contribution is 2.22. The molecule has 96 valence electrons. The molecule has 0 aliphatic carbocycles. The Kier molecular flexibility index (Phi) is 4.04. The van der Waals surface area contributed by atoms with Gasteiger partial charge in [-0.1, -0.05) is 24.3 Å². The molecule has 3 heteroatoms. The minimum Gasteiger partial charge on any atom is -0.872 e. The Morgan fingerprint density at radius 1 is 1.21 bits per heavy atom. The van der Waals surface area contributed by atoms with Gasteiger partial charge in [0, 0.05) is 18.5 Å². The molecule has 2 aromatic carbocycles. The molecule has 0 saturated heterocycles. The summed E-state index contributed by atoms with van der Waals surface area (Å²) in [4.78, 5) is 11.6. The lowest BCUT2D eigenvalue weighted by Crippen LogP contribution is -2.10. The number of hydrogen-bond acceptors (Lipinski definition) is 2. The quantitative estimate of drug-likeness (QED) is 0.671. The van der Waals surface area contributed by atoms with Crippen molar-refractivity contribution in [3.63, 3.8) is 0 Å². The van der Waals surface area contributed by atoms with Gasteiger partial charge < -0.3 is 10.4 Å². The Bertz CT molecular complexity index is 641. The fraction of sp³-hybridized carbons (Fsp3) is 0.188. The van der Waals surface area contributed by atoms with Gasteiger partial charge in [-0.3, -0.25) is 4.79 Å². The summed E-state index contributed by atoms with van der Waals surface area (Å²) in [5, 5.41) is 15.8. The molecule has 0 bridgehead atoms. The Balaban J connectivity index is 2.07. The van der Waals surface area contributed by atoms with Crippen molar-refractivity contribution >= 4 is 22.4 Å². The van der Waals surface area contributed by atoms with Crippen molar-refractivity contribution in [1.29, 1.82) is 0 Å². The van der Waals surface area contributed by atoms with Gasteiger partial charge in [0.05, 0.1) is 0 Å². The predicted molar refractivity (Wildman–Crippen MR) is 74.7 cm³/mol. The fourth-order valence-electron chi connectivity index (χ4n) is 1.88. The van der Waals surface area contributed by atoms with Crippen molar-refractivity contribution in [2.45, 2.75) is 19.3 Å². The molecule has 1 N–H and O–H groups in total. The van der Waals surface area contributed by atoms with E-state index in [9.17, 15) is 9.90 Å². The third-order valence-corrected chi connectivity index (χ3v) is 2.82. The van der Waals surface area contributed by atoms with Crippen molar-refractivity contribution in [2.24, 2.45) is 0 Å². The molecule has 0 atom stereocenters. The van der Waals surface area contributed by atoms with E-state index in [-0.39, 0.29) is 11.7 Å². The second kappa shape index (κ2) is 5.92. The van der Waals surface area contributed by atoms with Crippen molar-refractivity contribution in [3.05, 3.63) is 36.4 Å². The van der Waals surface area contributed by atoms with Crippen molar-refractivity contribution in [3.8, 4) is 18.1 Å². The van der Waals surface area contributed by atoms with Crippen LogP contribution >= 0.6 is 0 Å². The predicted octanol–water partition coefficient (Wildman–Crippen LogP) is 2.66. The molecule has 0 heterocycles. The number of unbranched alkanes of at least 4 members (excludes halogenated alkanes) is 1. The van der Waals surface area contributed by atoms with E-state index in [0.29, 0.717) is 19.3 Å². The second-order valence-electron chi connectivity index (χ2n) is 4.33. The van der Waals surface area contributed by atoms with Gasteiger partial charge >= 0.3 is 0 Å². The number of amides is 1. The second-order valence-corrected chi connectivity index (χ2v) is 4.33. The number of benzene rings is 2. The molecule has 0 spiro atoms. The highest BCUT2D eigenvalue weighted by Gasteiger charge is 2.02. The van der Waals surface area contributed by atoms with Crippen LogP contribution in [0.2, 0.25) is 0 Å². The summed E-state index contributed by atoms with van der Waals surface area (Å²) < 4.78 is 0. The summed E-state index contributed by atoms with van der Waals surface area (Å²) in [7, 11) is 0. The Morgan fingerprint density at radius 3 is 2.74 bits per heavy atom. The largest absolute Gasteiger partial charge is 0.872 e. The summed E-state index contributed by atoms with van der Waals surface area (Å²) >= 11 is 0. The van der Waals surface area contributed by atoms with Crippen LogP contribution in [0.5, 0.6) is 5.75 Å². The van der Waals surface area contributed by atoms with E-state index in [2.05, 4.69) is 11.2 Å². The van der Waals surface area contributed by atoms with Gasteiger partial charge in [0.2, 0.25) is 5.91 Å². The van der Waals surface area contributed by atoms with E-state index < -0.39 is 0 Å². The van der Waals surface area contributed by atoms with E-state index in [1.165, 1.54) is 6.07 Å². The molecule has 2 rings (SSSR count). The SMILES string of the molecule is C#CCCCC(=O)Nc1ccc2cc([O-])ccc2c1. The minimum atomic E-state index is -0.0463. The van der Waals surface area contributed by atoms with Crippen LogP contribution in [0.15, 0.2) is 36.4 Å². The fourth-order valence-corrected chi connectivity index (χ4v) is 1.88. The van der Waals surface area contributed by atoms with Gasteiger partial charge in [-0.2, -0.15) is 0 Å². The van der Waals surface area contributed by atoms with Crippen LogP contribution in [0.25, 0.3) is 10.8 Å². The zero-order chi connectivity index (χ0) is 13.7. The minimum absolute atomic E-state index is 0.0152. The number of nitrogens with one attached hydrogen (secondary N) is 1. The lowest BCUT2D eigenvalue weighted by atomic mass is 10.1. The van der Waals surface area contributed by atoms with E-state index in [1.807, 2.05) is 12.1 Å². The molecule has 19 heavy (non-hydrogen) atoms. The summed E-state index contributed by atoms with van der Waals surface area (Å²) in [6.07, 6.45) is 6.85. The van der Waals surface area contributed by atoms with Crippen LogP contribution in [-0.4, -0.2) is 5.91 Å². The third kappa shape index (κ3) is 3.49. The first-order chi connectivity index (χ1) is 9.19. The lowest BCUT2D eigenvalue weighted by Gasteiger charge is -2.09. The molecule has 0 fully saturated rings. The first-order valence-electron chi connectivity index (χ1n) is 6.13. The lowest BCUT2D eigenvalue weighted by molar-refractivity contribution is -0.268. The van der Waals surface area contributed by atoms with Crippen molar-refractivity contribution in [1.82, 2.24) is 0 Å². The van der Waals surface area contributed by atoms with Crippen LogP contribution in [0.4, 0.5) is 5.69 Å². The topological polar surface area (TPSA) is 52.2 Å². The molecule has 0 saturated carbocycles. The zero-order valence-electron chi connectivity index (χ0n) is 10.5. The molecule has 3 nitrogen and oxygen atoms in total. The smallest absolute Gasteiger partial charge is 0.224 e. The van der Waals surface area contributed by atoms with E-state index in [0.717, 1.165) is 16.5 Å². The van der Waals surface area contributed by atoms with Crippen molar-refractivity contribution < 1.29 is 9.90 Å². The van der Waals surface area contributed by atoms with Crippen LogP contribution in [-0.2, 0) is 4.79 Å². The van der Waals surface area contributed by atoms with Gasteiger partial charge in [-0.15, -0.1) is 18.1 Å². The van der Waals surface area contributed by atoms with E-state index in [4.69, 9.17) is 6.42 Å². The molecule has 0 aromatic heterocycles. The Hall–Kier alpha value is -2.47. The third-order valence-electron chi connectivity index (χ3n) is 2.82. The summed E-state index contributed by atoms with van der Waals surface area (Å²) in [5.74, 6) is 2.45. The first-order valence-corrected chi connectivity index (χ1v) is 6.13. The molecule has 1 amide bonds. The number of rotatable bonds is 4. The Morgan fingerprint density at radius 2 is 1.95 bits per heavy atom. The van der Waals surface area contributed by atoms with Crippen LogP contribution in [0.3, 0.4) is 0 Å². The molecular formula is C16H14NO2-. The number of anilines is 1. The number of terminal acetylenes is 1. The summed E-state index contributed by atoms with van der Waals surface area (Å²) in [5.41, 5.74) is 0.733. The highest BCUT2D eigenvalue weighted by atomic mass is 16.3. The normalized spacial score (nSPS) is 10.1. The zero-order valence-corrected chi connectivity index (χ0v) is 10.5. The average molecular weight is 252 g/mol. The van der Waals surface area contributed by atoms with Gasteiger partial charge in [0.1, 0.15) is 0 Å². The molecule has 0 radical (unpaired) electrons. The van der Waals surface area contributed by atoms with Crippen molar-refractivity contribution in [2.75, 3.05) is 5.32 Å². The maximum Gasteiger partial charge on any atom is 0.224 e. The molecule has 2 aromatic rings. The monoisotopic (exact) mass is 252 g/mol.